The van der Waals surface area contributed by atoms with Crippen LogP contribution in [0.25, 0.3) is 0 Å². The van der Waals surface area contributed by atoms with E-state index in [2.05, 4.69) is 6.92 Å². The summed E-state index contributed by atoms with van der Waals surface area (Å²) in [5, 5.41) is 42.4. The van der Waals surface area contributed by atoms with Gasteiger partial charge in [0.2, 0.25) is 0 Å². The largest absolute Gasteiger partial charge is 0.455 e. The van der Waals surface area contributed by atoms with Gasteiger partial charge in [-0.3, -0.25) is 0 Å². The number of unbranched alkanes of at least 4 members (excludes halogenated alkanes) is 11. The number of hydrogen-bond acceptors (Lipinski definition) is 8. The predicted octanol–water partition coefficient (Wildman–Crippen LogP) is 6.83. The molecule has 0 aromatic carbocycles. The Labute approximate surface area is 273 Å². The van der Waals surface area contributed by atoms with Gasteiger partial charge in [-0.25, -0.2) is 4.79 Å². The third kappa shape index (κ3) is 14.7. The normalized spacial score (nSPS) is 27.8. The van der Waals surface area contributed by atoms with Gasteiger partial charge in [-0.1, -0.05) is 90.4 Å². The van der Waals surface area contributed by atoms with Gasteiger partial charge in [-0.05, 0) is 70.8 Å². The molecule has 3 rings (SSSR count). The summed E-state index contributed by atoms with van der Waals surface area (Å²) in [4.78, 5) is 11.7. The number of carbonyl (C=O) groups excluding carboxylic acids is 1. The van der Waals surface area contributed by atoms with Crippen LogP contribution >= 0.6 is 0 Å². The van der Waals surface area contributed by atoms with Gasteiger partial charge >= 0.3 is 5.97 Å². The highest BCUT2D eigenvalue weighted by Gasteiger charge is 2.36. The van der Waals surface area contributed by atoms with E-state index in [1.807, 2.05) is 6.92 Å². The average Bonchev–Trinajstić information content (AvgIpc) is 3.77. The number of rotatable bonds is 25. The maximum absolute atomic E-state index is 11.7. The second-order valence-corrected chi connectivity index (χ2v) is 14.2. The number of hydrogen-bond donors (Lipinski definition) is 4. The fraction of sp³-hybridized carbons (Fsp3) is 0.919. The molecule has 9 atom stereocenters. The number of cyclic esters (lactones) is 1. The molecule has 0 bridgehead atoms. The lowest BCUT2D eigenvalue weighted by Crippen LogP contribution is -2.33. The van der Waals surface area contributed by atoms with Crippen molar-refractivity contribution in [3.8, 4) is 0 Å². The van der Waals surface area contributed by atoms with Crippen LogP contribution in [0.15, 0.2) is 11.6 Å². The van der Waals surface area contributed by atoms with E-state index in [-0.39, 0.29) is 36.5 Å². The molecule has 0 aromatic rings. The molecule has 3 aliphatic heterocycles. The van der Waals surface area contributed by atoms with Crippen molar-refractivity contribution in [2.24, 2.45) is 0 Å². The van der Waals surface area contributed by atoms with Gasteiger partial charge < -0.3 is 34.6 Å². The van der Waals surface area contributed by atoms with E-state index in [1.165, 1.54) is 38.5 Å². The summed E-state index contributed by atoms with van der Waals surface area (Å²) >= 11 is 0. The van der Waals surface area contributed by atoms with E-state index in [9.17, 15) is 25.2 Å². The van der Waals surface area contributed by atoms with Crippen LogP contribution in [0.1, 0.15) is 162 Å². The number of carbonyl (C=O) groups is 1. The molecule has 8 nitrogen and oxygen atoms in total. The van der Waals surface area contributed by atoms with Crippen molar-refractivity contribution in [2.75, 3.05) is 0 Å². The van der Waals surface area contributed by atoms with Crippen molar-refractivity contribution in [1.29, 1.82) is 0 Å². The lowest BCUT2D eigenvalue weighted by atomic mass is 9.98. The first-order valence-corrected chi connectivity index (χ1v) is 18.7. The van der Waals surface area contributed by atoms with E-state index in [1.54, 1.807) is 6.08 Å². The molecule has 0 aromatic heterocycles. The zero-order valence-corrected chi connectivity index (χ0v) is 28.5. The summed E-state index contributed by atoms with van der Waals surface area (Å²) in [7, 11) is 0. The van der Waals surface area contributed by atoms with Crippen molar-refractivity contribution in [3.63, 3.8) is 0 Å². The predicted molar refractivity (Wildman–Crippen MR) is 177 cm³/mol. The third-order valence-electron chi connectivity index (χ3n) is 10.1. The Bertz CT molecular complexity index is 833. The molecular formula is C37H66O8. The molecule has 8 heteroatoms. The Balaban J connectivity index is 1.16. The minimum absolute atomic E-state index is 0.162. The molecule has 3 aliphatic rings. The molecule has 2 fully saturated rings. The van der Waals surface area contributed by atoms with Crippen LogP contribution in [-0.4, -0.2) is 81.3 Å². The summed E-state index contributed by atoms with van der Waals surface area (Å²) < 4.78 is 17.3. The van der Waals surface area contributed by atoms with Crippen LogP contribution in [-0.2, 0) is 19.0 Å². The van der Waals surface area contributed by atoms with Crippen molar-refractivity contribution in [3.05, 3.63) is 11.6 Å². The van der Waals surface area contributed by atoms with Crippen LogP contribution in [0.4, 0.5) is 0 Å². The summed E-state index contributed by atoms with van der Waals surface area (Å²) in [6.45, 7) is 4.07. The number of aliphatic hydroxyl groups is 4. The molecule has 0 amide bonds. The van der Waals surface area contributed by atoms with Crippen molar-refractivity contribution in [1.82, 2.24) is 0 Å². The summed E-state index contributed by atoms with van der Waals surface area (Å²) in [5.41, 5.74) is 0.600. The molecular weight excluding hydrogens is 572 g/mol. The first-order chi connectivity index (χ1) is 21.8. The Morgan fingerprint density at radius 3 is 1.78 bits per heavy atom. The lowest BCUT2D eigenvalue weighted by molar-refractivity contribution is -0.139. The standard InChI is InChI=1S/C37H66O8/c1-3-4-5-6-7-8-12-15-18-31(39)35-23-24-36(45-35)33(41)21-20-32(40)34-22-19-30(44-34)17-14-11-9-10-13-16-29(38)26-28-25-27(2)43-37(28)42/h25,27,29-36,38-41H,3-24,26H2,1-2H3/t27?,29?,30?,31-,32-,33-,34-,35-,36-/m1/s1. The highest BCUT2D eigenvalue weighted by Crippen LogP contribution is 2.31. The molecule has 3 heterocycles. The topological polar surface area (TPSA) is 126 Å². The highest BCUT2D eigenvalue weighted by molar-refractivity contribution is 5.90. The zero-order chi connectivity index (χ0) is 32.4. The smallest absolute Gasteiger partial charge is 0.334 e. The second-order valence-electron chi connectivity index (χ2n) is 14.2. The van der Waals surface area contributed by atoms with Crippen LogP contribution in [0.2, 0.25) is 0 Å². The van der Waals surface area contributed by atoms with Crippen molar-refractivity contribution in [2.45, 2.75) is 216 Å². The Hall–Kier alpha value is -1.03. The maximum atomic E-state index is 11.7. The first kappa shape index (κ1) is 38.4. The molecule has 4 N–H and O–H groups in total. The van der Waals surface area contributed by atoms with E-state index < -0.39 is 24.4 Å². The molecule has 0 spiro atoms. The summed E-state index contributed by atoms with van der Waals surface area (Å²) in [6, 6.07) is 0. The number of aliphatic hydroxyl groups excluding tert-OH is 4. The molecule has 262 valence electrons. The maximum Gasteiger partial charge on any atom is 0.334 e. The number of esters is 1. The van der Waals surface area contributed by atoms with Gasteiger partial charge in [-0.15, -0.1) is 0 Å². The first-order valence-electron chi connectivity index (χ1n) is 18.7. The van der Waals surface area contributed by atoms with Crippen molar-refractivity contribution >= 4 is 5.97 Å². The minimum atomic E-state index is -0.627. The Morgan fingerprint density at radius 1 is 0.667 bits per heavy atom. The van der Waals surface area contributed by atoms with Crippen LogP contribution in [0.3, 0.4) is 0 Å². The van der Waals surface area contributed by atoms with E-state index in [0.717, 1.165) is 83.5 Å². The molecule has 3 unspecified atom stereocenters. The highest BCUT2D eigenvalue weighted by atomic mass is 16.5. The number of ether oxygens (including phenoxy) is 3. The minimum Gasteiger partial charge on any atom is -0.455 e. The van der Waals surface area contributed by atoms with Crippen LogP contribution in [0, 0.1) is 0 Å². The van der Waals surface area contributed by atoms with E-state index in [0.29, 0.717) is 31.3 Å². The monoisotopic (exact) mass is 638 g/mol. The summed E-state index contributed by atoms with van der Waals surface area (Å²) in [5.74, 6) is -0.295. The van der Waals surface area contributed by atoms with Crippen LogP contribution in [0.5, 0.6) is 0 Å². The zero-order valence-electron chi connectivity index (χ0n) is 28.5. The summed E-state index contributed by atoms with van der Waals surface area (Å²) in [6.07, 6.45) is 21.6. The molecule has 2 saturated heterocycles. The quantitative estimate of drug-likeness (QED) is 0.0634. The average molecular weight is 639 g/mol. The van der Waals surface area contributed by atoms with Gasteiger partial charge in [0, 0.05) is 12.0 Å². The molecule has 0 saturated carbocycles. The van der Waals surface area contributed by atoms with Gasteiger partial charge in [0.25, 0.3) is 0 Å². The third-order valence-corrected chi connectivity index (χ3v) is 10.1. The molecule has 0 radical (unpaired) electrons. The Kier molecular flexibility index (Phi) is 18.6. The van der Waals surface area contributed by atoms with Gasteiger partial charge in [0.05, 0.1) is 48.8 Å². The van der Waals surface area contributed by atoms with Crippen molar-refractivity contribution < 1.29 is 39.4 Å². The molecule has 0 aliphatic carbocycles. The lowest BCUT2D eigenvalue weighted by Gasteiger charge is -2.24. The SMILES string of the molecule is CCCCCCCCCC[C@@H](O)[C@H]1CC[C@H]([C@H](O)CC[C@@H](O)[C@H]2CCC(CCCCCCCC(O)CC3=CC(C)OC3=O)O2)O1. The van der Waals surface area contributed by atoms with E-state index >= 15 is 0 Å². The van der Waals surface area contributed by atoms with Crippen LogP contribution < -0.4 is 0 Å². The second kappa shape index (κ2) is 21.8. The fourth-order valence-corrected chi connectivity index (χ4v) is 7.29. The van der Waals surface area contributed by atoms with E-state index in [4.69, 9.17) is 14.2 Å². The van der Waals surface area contributed by atoms with Gasteiger partial charge in [0.15, 0.2) is 0 Å². The van der Waals surface area contributed by atoms with Gasteiger partial charge in [-0.2, -0.15) is 0 Å². The Morgan fingerprint density at radius 2 is 1.18 bits per heavy atom. The van der Waals surface area contributed by atoms with Gasteiger partial charge in [0.1, 0.15) is 6.10 Å². The fourth-order valence-electron chi connectivity index (χ4n) is 7.29. The molecule has 45 heavy (non-hydrogen) atoms.